The molecule has 1 saturated carbocycles. The Balaban J connectivity index is 2.16. The van der Waals surface area contributed by atoms with Gasteiger partial charge in [0.15, 0.2) is 11.6 Å². The summed E-state index contributed by atoms with van der Waals surface area (Å²) in [4.78, 5) is -0.619. The first kappa shape index (κ1) is 16.3. The van der Waals surface area contributed by atoms with E-state index in [-0.39, 0.29) is 13.1 Å². The van der Waals surface area contributed by atoms with E-state index < -0.39 is 26.6 Å². The lowest BCUT2D eigenvalue weighted by Crippen LogP contribution is -2.26. The van der Waals surface area contributed by atoms with Crippen LogP contribution in [0.4, 0.5) is 8.78 Å². The minimum absolute atomic E-state index is 0.255. The maximum Gasteiger partial charge on any atom is 0.243 e. The van der Waals surface area contributed by atoms with Crippen molar-refractivity contribution >= 4 is 10.0 Å². The second-order valence-corrected chi connectivity index (χ2v) is 7.04. The molecule has 4 nitrogen and oxygen atoms in total. The molecule has 1 aromatic rings. The maximum absolute atomic E-state index is 13.8. The molecule has 7 heteroatoms. The van der Waals surface area contributed by atoms with Crippen LogP contribution in [0, 0.1) is 17.6 Å². The van der Waals surface area contributed by atoms with Gasteiger partial charge in [0.25, 0.3) is 0 Å². The number of benzene rings is 1. The predicted octanol–water partition coefficient (Wildman–Crippen LogP) is 2.15. The van der Waals surface area contributed by atoms with Crippen molar-refractivity contribution in [1.82, 2.24) is 10.0 Å². The molecule has 118 valence electrons. The van der Waals surface area contributed by atoms with Gasteiger partial charge in [0.2, 0.25) is 10.0 Å². The highest BCUT2D eigenvalue weighted by atomic mass is 32.2. The molecule has 1 aliphatic carbocycles. The Morgan fingerprint density at radius 2 is 2.00 bits per heavy atom. The molecule has 0 unspecified atom stereocenters. The summed E-state index contributed by atoms with van der Waals surface area (Å²) >= 11 is 0. The lowest BCUT2D eigenvalue weighted by Gasteiger charge is -2.10. The highest BCUT2D eigenvalue weighted by Crippen LogP contribution is 2.32. The molecule has 0 atom stereocenters. The van der Waals surface area contributed by atoms with E-state index in [1.807, 2.05) is 6.92 Å². The zero-order valence-corrected chi connectivity index (χ0v) is 12.8. The van der Waals surface area contributed by atoms with E-state index >= 15 is 0 Å². The average molecular weight is 318 g/mol. The summed E-state index contributed by atoms with van der Waals surface area (Å²) in [6, 6.07) is 2.20. The normalized spacial score (nSPS) is 15.4. The SMILES string of the molecule is CCNCc1cc(F)c(F)c(S(=O)(=O)NCCC2CC2)c1. The van der Waals surface area contributed by atoms with Crippen molar-refractivity contribution in [2.45, 2.75) is 37.6 Å². The Hall–Kier alpha value is -1.05. The molecule has 1 fully saturated rings. The van der Waals surface area contributed by atoms with Crippen LogP contribution in [0.25, 0.3) is 0 Å². The van der Waals surface area contributed by atoms with Gasteiger partial charge < -0.3 is 5.32 Å². The fourth-order valence-corrected chi connectivity index (χ4v) is 3.25. The molecule has 0 heterocycles. The number of rotatable bonds is 8. The van der Waals surface area contributed by atoms with Crippen LogP contribution >= 0.6 is 0 Å². The van der Waals surface area contributed by atoms with E-state index in [2.05, 4.69) is 10.0 Å². The number of nitrogens with one attached hydrogen (secondary N) is 2. The molecule has 2 rings (SSSR count). The van der Waals surface area contributed by atoms with E-state index in [1.165, 1.54) is 6.07 Å². The van der Waals surface area contributed by atoms with Gasteiger partial charge in [0, 0.05) is 13.1 Å². The molecule has 1 aliphatic rings. The summed E-state index contributed by atoms with van der Waals surface area (Å²) in [5, 5.41) is 2.95. The Morgan fingerprint density at radius 3 is 2.62 bits per heavy atom. The molecular formula is C14H20F2N2O2S. The van der Waals surface area contributed by atoms with Crippen LogP contribution in [0.1, 0.15) is 31.7 Å². The number of halogens is 2. The molecule has 0 aromatic heterocycles. The Kier molecular flexibility index (Phi) is 5.29. The molecule has 0 spiro atoms. The molecule has 21 heavy (non-hydrogen) atoms. The molecule has 0 radical (unpaired) electrons. The summed E-state index contributed by atoms with van der Waals surface area (Å²) < 4.78 is 53.9. The molecular weight excluding hydrogens is 298 g/mol. The molecule has 0 bridgehead atoms. The van der Waals surface area contributed by atoms with Gasteiger partial charge in [-0.05, 0) is 36.6 Å². The van der Waals surface area contributed by atoms with Gasteiger partial charge in [0.05, 0.1) is 0 Å². The van der Waals surface area contributed by atoms with Gasteiger partial charge in [-0.1, -0.05) is 19.8 Å². The fraction of sp³-hybridized carbons (Fsp3) is 0.571. The van der Waals surface area contributed by atoms with Gasteiger partial charge in [-0.15, -0.1) is 0 Å². The predicted molar refractivity (Wildman–Crippen MR) is 76.3 cm³/mol. The van der Waals surface area contributed by atoms with Crippen molar-refractivity contribution in [3.63, 3.8) is 0 Å². The third-order valence-corrected chi connectivity index (χ3v) is 4.93. The lowest BCUT2D eigenvalue weighted by atomic mass is 10.2. The van der Waals surface area contributed by atoms with Gasteiger partial charge >= 0.3 is 0 Å². The molecule has 2 N–H and O–H groups in total. The monoisotopic (exact) mass is 318 g/mol. The largest absolute Gasteiger partial charge is 0.313 e. The van der Waals surface area contributed by atoms with Crippen LogP contribution in [-0.2, 0) is 16.6 Å². The second-order valence-electron chi connectivity index (χ2n) is 5.30. The van der Waals surface area contributed by atoms with Crippen LogP contribution in [0.2, 0.25) is 0 Å². The van der Waals surface area contributed by atoms with Crippen molar-refractivity contribution in [3.8, 4) is 0 Å². The summed E-state index contributed by atoms with van der Waals surface area (Å²) in [7, 11) is -4.02. The van der Waals surface area contributed by atoms with Crippen molar-refractivity contribution in [1.29, 1.82) is 0 Å². The number of hydrogen-bond donors (Lipinski definition) is 2. The van der Waals surface area contributed by atoms with E-state index in [4.69, 9.17) is 0 Å². The first-order chi connectivity index (χ1) is 9.94. The number of hydrogen-bond acceptors (Lipinski definition) is 3. The Morgan fingerprint density at radius 1 is 1.29 bits per heavy atom. The smallest absolute Gasteiger partial charge is 0.243 e. The van der Waals surface area contributed by atoms with Gasteiger partial charge in [-0.25, -0.2) is 21.9 Å². The summed E-state index contributed by atoms with van der Waals surface area (Å²) in [5.41, 5.74) is 0.401. The highest BCUT2D eigenvalue weighted by molar-refractivity contribution is 7.89. The summed E-state index contributed by atoms with van der Waals surface area (Å²) in [6.45, 7) is 3.07. The third kappa shape index (κ3) is 4.46. The third-order valence-electron chi connectivity index (χ3n) is 3.46. The Labute approximate surface area is 124 Å². The van der Waals surface area contributed by atoms with Gasteiger partial charge in [0.1, 0.15) is 4.90 Å². The first-order valence-corrected chi connectivity index (χ1v) is 8.60. The zero-order valence-electron chi connectivity index (χ0n) is 12.0. The van der Waals surface area contributed by atoms with Crippen molar-refractivity contribution in [3.05, 3.63) is 29.3 Å². The highest BCUT2D eigenvalue weighted by Gasteiger charge is 2.25. The average Bonchev–Trinajstić information content (AvgIpc) is 3.23. The van der Waals surface area contributed by atoms with Crippen molar-refractivity contribution in [2.75, 3.05) is 13.1 Å². The molecule has 0 saturated heterocycles. The Bertz CT molecular complexity index is 601. The van der Waals surface area contributed by atoms with Gasteiger partial charge in [-0.3, -0.25) is 0 Å². The molecule has 0 amide bonds. The minimum Gasteiger partial charge on any atom is -0.313 e. The molecule has 1 aromatic carbocycles. The number of sulfonamides is 1. The lowest BCUT2D eigenvalue weighted by molar-refractivity contribution is 0.480. The maximum atomic E-state index is 13.8. The van der Waals surface area contributed by atoms with Crippen LogP contribution in [0.15, 0.2) is 17.0 Å². The van der Waals surface area contributed by atoms with Crippen LogP contribution in [-0.4, -0.2) is 21.5 Å². The molecule has 0 aliphatic heterocycles. The van der Waals surface area contributed by atoms with Crippen LogP contribution in [0.3, 0.4) is 0 Å². The summed E-state index contributed by atoms with van der Waals surface area (Å²) in [6.07, 6.45) is 2.96. The van der Waals surface area contributed by atoms with Gasteiger partial charge in [-0.2, -0.15) is 0 Å². The van der Waals surface area contributed by atoms with E-state index in [0.29, 0.717) is 18.0 Å². The van der Waals surface area contributed by atoms with E-state index in [1.54, 1.807) is 0 Å². The fourth-order valence-electron chi connectivity index (χ4n) is 2.07. The standard InChI is InChI=1S/C14H20F2N2O2S/c1-2-17-9-11-7-12(15)14(16)13(8-11)21(19,20)18-6-5-10-3-4-10/h7-8,10,17-18H,2-6,9H2,1H3. The van der Waals surface area contributed by atoms with E-state index in [9.17, 15) is 17.2 Å². The van der Waals surface area contributed by atoms with Crippen LogP contribution < -0.4 is 10.0 Å². The first-order valence-electron chi connectivity index (χ1n) is 7.12. The summed E-state index contributed by atoms with van der Waals surface area (Å²) in [5.74, 6) is -1.91. The second kappa shape index (κ2) is 6.81. The van der Waals surface area contributed by atoms with Crippen molar-refractivity contribution in [2.24, 2.45) is 5.92 Å². The van der Waals surface area contributed by atoms with E-state index in [0.717, 1.165) is 25.3 Å². The van der Waals surface area contributed by atoms with Crippen molar-refractivity contribution < 1.29 is 17.2 Å². The zero-order chi connectivity index (χ0) is 15.5. The quantitative estimate of drug-likeness (QED) is 0.772. The minimum atomic E-state index is -4.02. The topological polar surface area (TPSA) is 58.2 Å². The van der Waals surface area contributed by atoms with Crippen LogP contribution in [0.5, 0.6) is 0 Å².